The first-order valence-electron chi connectivity index (χ1n) is 20.2. The summed E-state index contributed by atoms with van der Waals surface area (Å²) in [5, 5.41) is 15.0. The van der Waals surface area contributed by atoms with Crippen LogP contribution in [0.2, 0.25) is 5.02 Å². The maximum atomic E-state index is 14.2. The van der Waals surface area contributed by atoms with Crippen LogP contribution in [0, 0.1) is 12.7 Å². The smallest absolute Gasteiger partial charge is 0.326 e. The fourth-order valence-electron chi connectivity index (χ4n) is 7.49. The van der Waals surface area contributed by atoms with Gasteiger partial charge in [-0.2, -0.15) is 0 Å². The van der Waals surface area contributed by atoms with Gasteiger partial charge in [0.2, 0.25) is 0 Å². The number of thiophene rings is 1. The lowest BCUT2D eigenvalue weighted by Crippen LogP contribution is -2.45. The topological polar surface area (TPSA) is 135 Å². The Kier molecular flexibility index (Phi) is 13.2. The fourth-order valence-corrected chi connectivity index (χ4v) is 8.87. The molecule has 4 aromatic carbocycles. The van der Waals surface area contributed by atoms with Crippen molar-refractivity contribution < 1.29 is 28.5 Å². The molecule has 62 heavy (non-hydrogen) atoms. The van der Waals surface area contributed by atoms with Crippen molar-refractivity contribution in [1.29, 1.82) is 0 Å². The van der Waals surface area contributed by atoms with Gasteiger partial charge in [-0.15, -0.1) is 11.3 Å². The number of fused-ring (bicyclic) bond motifs is 1. The molecule has 0 aliphatic carbocycles. The van der Waals surface area contributed by atoms with Crippen LogP contribution in [-0.4, -0.2) is 100 Å². The summed E-state index contributed by atoms with van der Waals surface area (Å²) in [6, 6.07) is 25.5. The zero-order valence-corrected chi connectivity index (χ0v) is 36.0. The minimum absolute atomic E-state index is 0.0581. The molecule has 1 aliphatic rings. The van der Waals surface area contributed by atoms with Gasteiger partial charge in [-0.05, 0) is 78.7 Å². The molecule has 0 bridgehead atoms. The molecule has 2 N–H and O–H groups in total. The largest absolute Gasteiger partial charge is 0.496 e. The molecule has 12 nitrogen and oxygen atoms in total. The lowest BCUT2D eigenvalue weighted by Gasteiger charge is -2.32. The Morgan fingerprint density at radius 1 is 0.903 bits per heavy atom. The Morgan fingerprint density at radius 3 is 2.44 bits per heavy atom. The molecule has 1 atom stereocenters. The maximum absolute atomic E-state index is 14.2. The molecule has 4 heterocycles. The Morgan fingerprint density at radius 2 is 1.66 bits per heavy atom. The number of hydrogen-bond acceptors (Lipinski definition) is 12. The number of nitrogens with zero attached hydrogens (tertiary/aromatic N) is 6. The number of aliphatic carboxylic acids is 1. The van der Waals surface area contributed by atoms with E-state index in [1.165, 1.54) is 29.8 Å². The average Bonchev–Trinajstić information content (AvgIpc) is 3.68. The van der Waals surface area contributed by atoms with Gasteiger partial charge in [-0.25, -0.2) is 29.1 Å². The van der Waals surface area contributed by atoms with Gasteiger partial charge in [-0.3, -0.25) is 4.90 Å². The molecular formula is C47H45ClFN7O5S. The van der Waals surface area contributed by atoms with E-state index in [4.69, 9.17) is 30.8 Å². The number of piperazine rings is 1. The number of nitrogens with one attached hydrogen (secondary N) is 1. The minimum atomic E-state index is -1.13. The lowest BCUT2D eigenvalue weighted by atomic mass is 9.95. The van der Waals surface area contributed by atoms with E-state index in [0.29, 0.717) is 62.0 Å². The highest BCUT2D eigenvalue weighted by Gasteiger charge is 2.27. The Hall–Kier alpha value is -6.19. The first kappa shape index (κ1) is 42.5. The maximum Gasteiger partial charge on any atom is 0.326 e. The summed E-state index contributed by atoms with van der Waals surface area (Å²) in [6.07, 6.45) is 3.14. The third kappa shape index (κ3) is 9.48. The van der Waals surface area contributed by atoms with Crippen LogP contribution in [0.5, 0.6) is 17.2 Å². The highest BCUT2D eigenvalue weighted by molar-refractivity contribution is 7.22. The summed E-state index contributed by atoms with van der Waals surface area (Å²) < 4.78 is 32.2. The van der Waals surface area contributed by atoms with E-state index in [0.717, 1.165) is 65.4 Å². The van der Waals surface area contributed by atoms with Crippen LogP contribution < -0.4 is 19.5 Å². The van der Waals surface area contributed by atoms with E-state index >= 15 is 0 Å². The standard InChI is InChI=1S/C47H45ClFN7O5S/c1-29-34(16-17-39(42(29)48)60-25-24-56-22-20-55(2)21-23-56)40-41-45(51-28-52-46(41)62-43(40)30-12-14-32(49)15-13-30)54-36(47(57)58)26-31-8-4-6-10-37(31)61-27-33-18-19-50-44(53-33)35-9-5-7-11-38(35)59-3/h4-19,28,36H,20-27H2,1-3H3,(H,57,58)(H,51,52,54). The molecule has 7 aromatic rings. The third-order valence-electron chi connectivity index (χ3n) is 10.9. The second-order valence-corrected chi connectivity index (χ2v) is 16.3. The molecule has 318 valence electrons. The number of halogens is 2. The van der Waals surface area contributed by atoms with Crippen molar-refractivity contribution in [3.05, 3.63) is 131 Å². The van der Waals surface area contributed by atoms with Crippen molar-refractivity contribution in [2.24, 2.45) is 0 Å². The molecule has 1 saturated heterocycles. The molecular weight excluding hydrogens is 829 g/mol. The van der Waals surface area contributed by atoms with Crippen molar-refractivity contribution in [2.45, 2.75) is 26.0 Å². The molecule has 0 radical (unpaired) electrons. The molecule has 1 unspecified atom stereocenters. The predicted octanol–water partition coefficient (Wildman–Crippen LogP) is 8.90. The van der Waals surface area contributed by atoms with Crippen molar-refractivity contribution in [3.63, 3.8) is 0 Å². The zero-order chi connectivity index (χ0) is 43.2. The summed E-state index contributed by atoms with van der Waals surface area (Å²) in [5.74, 6) is 1.11. The number of para-hydroxylation sites is 2. The van der Waals surface area contributed by atoms with Crippen LogP contribution >= 0.6 is 22.9 Å². The van der Waals surface area contributed by atoms with E-state index < -0.39 is 12.0 Å². The number of carboxylic acid groups (broad SMARTS) is 1. The number of methoxy groups -OCH3 is 1. The van der Waals surface area contributed by atoms with Gasteiger partial charge in [0.25, 0.3) is 0 Å². The summed E-state index contributed by atoms with van der Waals surface area (Å²) >= 11 is 8.48. The van der Waals surface area contributed by atoms with Crippen molar-refractivity contribution in [3.8, 4) is 50.2 Å². The van der Waals surface area contributed by atoms with E-state index in [1.54, 1.807) is 37.6 Å². The van der Waals surface area contributed by atoms with Crippen molar-refractivity contribution in [2.75, 3.05) is 58.8 Å². The number of carbonyl (C=O) groups is 1. The van der Waals surface area contributed by atoms with E-state index in [2.05, 4.69) is 37.1 Å². The highest BCUT2D eigenvalue weighted by atomic mass is 35.5. The number of rotatable bonds is 16. The summed E-state index contributed by atoms with van der Waals surface area (Å²) in [4.78, 5) is 37.6. The number of carboxylic acids is 1. The van der Waals surface area contributed by atoms with Crippen LogP contribution in [0.1, 0.15) is 16.8 Å². The van der Waals surface area contributed by atoms with Crippen LogP contribution in [-0.2, 0) is 17.8 Å². The van der Waals surface area contributed by atoms with E-state index in [1.807, 2.05) is 61.5 Å². The van der Waals surface area contributed by atoms with E-state index in [-0.39, 0.29) is 18.8 Å². The first-order valence-corrected chi connectivity index (χ1v) is 21.4. The van der Waals surface area contributed by atoms with Gasteiger partial charge in [-0.1, -0.05) is 60.1 Å². The second-order valence-electron chi connectivity index (χ2n) is 15.0. The third-order valence-corrected chi connectivity index (χ3v) is 12.5. The lowest BCUT2D eigenvalue weighted by molar-refractivity contribution is -0.137. The van der Waals surface area contributed by atoms with Gasteiger partial charge in [0, 0.05) is 55.8 Å². The number of aromatic nitrogens is 4. The molecule has 3 aromatic heterocycles. The molecule has 1 fully saturated rings. The summed E-state index contributed by atoms with van der Waals surface area (Å²) in [6.45, 7) is 7.34. The molecule has 1 aliphatic heterocycles. The number of ether oxygens (including phenoxy) is 3. The predicted molar refractivity (Wildman–Crippen MR) is 241 cm³/mol. The first-order chi connectivity index (χ1) is 30.2. The van der Waals surface area contributed by atoms with Crippen LogP contribution in [0.3, 0.4) is 0 Å². The number of likely N-dealkylation sites (N-methyl/N-ethyl adjacent to an activating group) is 1. The Bertz CT molecular complexity index is 2690. The molecule has 0 saturated carbocycles. The second kappa shape index (κ2) is 19.2. The van der Waals surface area contributed by atoms with Gasteiger partial charge in [0.1, 0.15) is 59.3 Å². The Balaban J connectivity index is 1.08. The van der Waals surface area contributed by atoms with E-state index in [9.17, 15) is 14.3 Å². The van der Waals surface area contributed by atoms with Crippen molar-refractivity contribution in [1.82, 2.24) is 29.7 Å². The molecule has 15 heteroatoms. The zero-order valence-electron chi connectivity index (χ0n) is 34.5. The minimum Gasteiger partial charge on any atom is -0.496 e. The van der Waals surface area contributed by atoms with Gasteiger partial charge in [0.05, 0.1) is 28.8 Å². The van der Waals surface area contributed by atoms with Crippen LogP contribution in [0.15, 0.2) is 104 Å². The normalized spacial score (nSPS) is 13.8. The Labute approximate surface area is 367 Å². The van der Waals surface area contributed by atoms with Gasteiger partial charge < -0.3 is 29.5 Å². The SMILES string of the molecule is COc1ccccc1-c1nccc(COc2ccccc2CC(Nc2ncnc3sc(-c4ccc(F)cc4)c(-c4ccc(OCCN5CCN(C)CC5)c(Cl)c4C)c23)C(=O)O)n1. The van der Waals surface area contributed by atoms with Gasteiger partial charge >= 0.3 is 5.97 Å². The average molecular weight is 874 g/mol. The van der Waals surface area contributed by atoms with Crippen LogP contribution in [0.25, 0.3) is 43.2 Å². The molecule has 8 rings (SSSR count). The summed E-state index contributed by atoms with van der Waals surface area (Å²) in [7, 11) is 3.73. The summed E-state index contributed by atoms with van der Waals surface area (Å²) in [5.41, 5.74) is 5.11. The van der Waals surface area contributed by atoms with Crippen LogP contribution in [0.4, 0.5) is 10.2 Å². The fraction of sp³-hybridized carbons (Fsp3) is 0.255. The quantitative estimate of drug-likeness (QED) is 0.0961. The van der Waals surface area contributed by atoms with Gasteiger partial charge in [0.15, 0.2) is 5.82 Å². The number of hydrogen-bond donors (Lipinski definition) is 2. The molecule has 0 spiro atoms. The monoisotopic (exact) mass is 873 g/mol. The highest BCUT2D eigenvalue weighted by Crippen LogP contribution is 2.49. The number of anilines is 1. The number of benzene rings is 4. The molecule has 0 amide bonds. The van der Waals surface area contributed by atoms with Crippen molar-refractivity contribution >= 4 is 44.9 Å².